The normalized spacial score (nSPS) is 17.2. The van der Waals surface area contributed by atoms with Crippen molar-refractivity contribution in [1.29, 1.82) is 0 Å². The number of nitrogens with one attached hydrogen (secondary N) is 1. The van der Waals surface area contributed by atoms with Crippen LogP contribution in [0.5, 0.6) is 0 Å². The lowest BCUT2D eigenvalue weighted by molar-refractivity contribution is 0.0705. The van der Waals surface area contributed by atoms with Crippen molar-refractivity contribution in [3.63, 3.8) is 0 Å². The van der Waals surface area contributed by atoms with E-state index in [1.165, 1.54) is 12.8 Å². The summed E-state index contributed by atoms with van der Waals surface area (Å²) in [7, 11) is 1.87. The summed E-state index contributed by atoms with van der Waals surface area (Å²) in [6.45, 7) is 3.48. The summed E-state index contributed by atoms with van der Waals surface area (Å²) in [4.78, 5) is 24.4. The number of benzene rings is 1. The Labute approximate surface area is 157 Å². The average Bonchev–Trinajstić information content (AvgIpc) is 3.41. The standard InChI is InChI=1S/C20H22N6O/c1-12-21-17-6-5-14(9-18(17)22-12)20(27)25(2)15-10-26(11-15)19-8-7-16(23-24-19)13-3-4-13/h5-9,13,15H,3-4,10-11H2,1-2H3,(H,21,22). The monoisotopic (exact) mass is 362 g/mol. The number of imidazole rings is 1. The molecule has 3 heterocycles. The van der Waals surface area contributed by atoms with Gasteiger partial charge in [-0.1, -0.05) is 0 Å². The van der Waals surface area contributed by atoms with Crippen molar-refractivity contribution in [3.05, 3.63) is 47.4 Å². The molecule has 1 aliphatic heterocycles. The minimum absolute atomic E-state index is 0.0315. The van der Waals surface area contributed by atoms with Crippen molar-refractivity contribution in [2.75, 3.05) is 25.0 Å². The topological polar surface area (TPSA) is 78.0 Å². The van der Waals surface area contributed by atoms with Gasteiger partial charge in [0.2, 0.25) is 0 Å². The summed E-state index contributed by atoms with van der Waals surface area (Å²) >= 11 is 0. The van der Waals surface area contributed by atoms with Gasteiger partial charge in [0, 0.05) is 31.6 Å². The van der Waals surface area contributed by atoms with Crippen molar-refractivity contribution in [3.8, 4) is 0 Å². The maximum atomic E-state index is 12.8. The predicted octanol–water partition coefficient (Wildman–Crippen LogP) is 2.50. The molecule has 1 aromatic carbocycles. The molecular formula is C20H22N6O. The Balaban J connectivity index is 1.24. The minimum atomic E-state index is 0.0315. The molecule has 7 heteroatoms. The van der Waals surface area contributed by atoms with Gasteiger partial charge < -0.3 is 14.8 Å². The zero-order valence-electron chi connectivity index (χ0n) is 15.5. The number of rotatable bonds is 4. The Bertz CT molecular complexity index is 1000. The molecule has 1 saturated heterocycles. The molecule has 0 atom stereocenters. The summed E-state index contributed by atoms with van der Waals surface area (Å²) in [6, 6.07) is 9.94. The number of anilines is 1. The van der Waals surface area contributed by atoms with Crippen LogP contribution in [0.4, 0.5) is 5.82 Å². The van der Waals surface area contributed by atoms with Gasteiger partial charge in [-0.05, 0) is 50.1 Å². The van der Waals surface area contributed by atoms with Gasteiger partial charge in [-0.2, -0.15) is 5.10 Å². The molecule has 27 heavy (non-hydrogen) atoms. The lowest BCUT2D eigenvalue weighted by atomic mass is 10.1. The Morgan fingerprint density at radius 1 is 1.19 bits per heavy atom. The van der Waals surface area contributed by atoms with E-state index in [1.54, 1.807) is 0 Å². The van der Waals surface area contributed by atoms with Crippen LogP contribution in [0.2, 0.25) is 0 Å². The van der Waals surface area contributed by atoms with Gasteiger partial charge in [0.25, 0.3) is 5.91 Å². The van der Waals surface area contributed by atoms with Gasteiger partial charge in [-0.3, -0.25) is 4.79 Å². The molecule has 2 aliphatic rings. The fourth-order valence-corrected chi connectivity index (χ4v) is 3.63. The number of amides is 1. The third kappa shape index (κ3) is 2.93. The second-order valence-electron chi connectivity index (χ2n) is 7.62. The number of carbonyl (C=O) groups excluding carboxylic acids is 1. The number of aryl methyl sites for hydroxylation is 1. The maximum absolute atomic E-state index is 12.8. The van der Waals surface area contributed by atoms with E-state index >= 15 is 0 Å². The summed E-state index contributed by atoms with van der Waals surface area (Å²) in [5.74, 6) is 2.40. The highest BCUT2D eigenvalue weighted by Crippen LogP contribution is 2.38. The molecule has 0 bridgehead atoms. The Morgan fingerprint density at radius 3 is 2.70 bits per heavy atom. The van der Waals surface area contributed by atoms with Crippen molar-refractivity contribution in [2.45, 2.75) is 31.7 Å². The number of fused-ring (bicyclic) bond motifs is 1. The molecule has 2 aromatic heterocycles. The maximum Gasteiger partial charge on any atom is 0.254 e. The third-order valence-corrected chi connectivity index (χ3v) is 5.57. The highest BCUT2D eigenvalue weighted by molar-refractivity contribution is 5.97. The molecule has 2 fully saturated rings. The smallest absolute Gasteiger partial charge is 0.254 e. The third-order valence-electron chi connectivity index (χ3n) is 5.57. The molecule has 1 N–H and O–H groups in total. The van der Waals surface area contributed by atoms with Crippen LogP contribution in [0.1, 0.15) is 40.6 Å². The first-order chi connectivity index (χ1) is 13.1. The number of aromatic amines is 1. The fourth-order valence-electron chi connectivity index (χ4n) is 3.63. The van der Waals surface area contributed by atoms with Crippen molar-refractivity contribution < 1.29 is 4.79 Å². The van der Waals surface area contributed by atoms with E-state index in [-0.39, 0.29) is 11.9 Å². The molecule has 0 radical (unpaired) electrons. The molecule has 1 aliphatic carbocycles. The first kappa shape index (κ1) is 16.2. The average molecular weight is 362 g/mol. The molecule has 1 amide bonds. The Hall–Kier alpha value is -2.96. The number of hydrogen-bond acceptors (Lipinski definition) is 5. The highest BCUT2D eigenvalue weighted by Gasteiger charge is 2.34. The molecular weight excluding hydrogens is 340 g/mol. The summed E-state index contributed by atoms with van der Waals surface area (Å²) in [6.07, 6.45) is 2.47. The largest absolute Gasteiger partial charge is 0.351 e. The summed E-state index contributed by atoms with van der Waals surface area (Å²) in [5.41, 5.74) is 3.57. The van der Waals surface area contributed by atoms with Crippen LogP contribution < -0.4 is 4.90 Å². The van der Waals surface area contributed by atoms with Gasteiger partial charge in [-0.15, -0.1) is 5.10 Å². The second-order valence-corrected chi connectivity index (χ2v) is 7.62. The zero-order valence-corrected chi connectivity index (χ0v) is 15.5. The zero-order chi connectivity index (χ0) is 18.5. The number of aromatic nitrogens is 4. The first-order valence-corrected chi connectivity index (χ1v) is 9.40. The van der Waals surface area contributed by atoms with E-state index in [0.29, 0.717) is 11.5 Å². The van der Waals surface area contributed by atoms with Crippen LogP contribution in [0.25, 0.3) is 11.0 Å². The molecule has 7 nitrogen and oxygen atoms in total. The van der Waals surface area contributed by atoms with Gasteiger partial charge in [0.1, 0.15) is 5.82 Å². The molecule has 5 rings (SSSR count). The van der Waals surface area contributed by atoms with Crippen LogP contribution >= 0.6 is 0 Å². The number of nitrogens with zero attached hydrogens (tertiary/aromatic N) is 5. The van der Waals surface area contributed by atoms with E-state index < -0.39 is 0 Å². The van der Waals surface area contributed by atoms with E-state index in [2.05, 4.69) is 31.1 Å². The number of hydrogen-bond donors (Lipinski definition) is 1. The van der Waals surface area contributed by atoms with E-state index in [4.69, 9.17) is 0 Å². The SMILES string of the molecule is Cc1nc2ccc(C(=O)N(C)C3CN(c4ccc(C5CC5)nn4)C3)cc2[nH]1. The second kappa shape index (κ2) is 6.04. The minimum Gasteiger partial charge on any atom is -0.351 e. The van der Waals surface area contributed by atoms with Crippen LogP contribution in [0.15, 0.2) is 30.3 Å². The van der Waals surface area contributed by atoms with Crippen LogP contribution in [-0.2, 0) is 0 Å². The fraction of sp³-hybridized carbons (Fsp3) is 0.400. The number of likely N-dealkylation sites (N-methyl/N-ethyl adjacent to an activating group) is 1. The molecule has 3 aromatic rings. The first-order valence-electron chi connectivity index (χ1n) is 9.40. The molecule has 138 valence electrons. The molecule has 0 unspecified atom stereocenters. The molecule has 0 spiro atoms. The van der Waals surface area contributed by atoms with Crippen molar-refractivity contribution in [1.82, 2.24) is 25.1 Å². The Kier molecular flexibility index (Phi) is 3.63. The quantitative estimate of drug-likeness (QED) is 0.771. The lowest BCUT2D eigenvalue weighted by Crippen LogP contribution is -2.60. The van der Waals surface area contributed by atoms with Gasteiger partial charge in [0.15, 0.2) is 5.82 Å². The van der Waals surface area contributed by atoms with Crippen LogP contribution in [0.3, 0.4) is 0 Å². The van der Waals surface area contributed by atoms with Gasteiger partial charge in [-0.25, -0.2) is 4.98 Å². The van der Waals surface area contributed by atoms with Crippen LogP contribution in [0, 0.1) is 6.92 Å². The van der Waals surface area contributed by atoms with E-state index in [1.807, 2.05) is 43.1 Å². The van der Waals surface area contributed by atoms with Crippen molar-refractivity contribution >= 4 is 22.8 Å². The predicted molar refractivity (Wildman–Crippen MR) is 103 cm³/mol. The van der Waals surface area contributed by atoms with Gasteiger partial charge in [0.05, 0.1) is 22.8 Å². The summed E-state index contributed by atoms with van der Waals surface area (Å²) in [5, 5.41) is 8.70. The van der Waals surface area contributed by atoms with Crippen molar-refractivity contribution in [2.24, 2.45) is 0 Å². The van der Waals surface area contributed by atoms with Crippen LogP contribution in [-0.4, -0.2) is 57.2 Å². The summed E-state index contributed by atoms with van der Waals surface area (Å²) < 4.78 is 0. The van der Waals surface area contributed by atoms with E-state index in [0.717, 1.165) is 41.5 Å². The van der Waals surface area contributed by atoms with Gasteiger partial charge >= 0.3 is 0 Å². The molecule has 1 saturated carbocycles. The number of carbonyl (C=O) groups is 1. The van der Waals surface area contributed by atoms with E-state index in [9.17, 15) is 4.79 Å². The highest BCUT2D eigenvalue weighted by atomic mass is 16.2. The number of H-pyrrole nitrogens is 1. The Morgan fingerprint density at radius 2 is 2.00 bits per heavy atom. The lowest BCUT2D eigenvalue weighted by Gasteiger charge is -2.44.